The second kappa shape index (κ2) is 15.6. The average molecular weight is 882 g/mol. The first kappa shape index (κ1) is 38.8. The summed E-state index contributed by atoms with van der Waals surface area (Å²) in [5.74, 6) is 1.67. The van der Waals surface area contributed by atoms with Gasteiger partial charge in [-0.2, -0.15) is 9.97 Å². The predicted molar refractivity (Wildman–Crippen MR) is 283 cm³/mol. The Hall–Kier alpha value is -9.39. The van der Waals surface area contributed by atoms with E-state index < -0.39 is 0 Å². The van der Waals surface area contributed by atoms with Gasteiger partial charge in [-0.1, -0.05) is 188 Å². The van der Waals surface area contributed by atoms with Gasteiger partial charge in [0.25, 0.3) is 0 Å². The normalized spacial score (nSPS) is 11.8. The first-order chi connectivity index (χ1) is 34.2. The zero-order valence-electron chi connectivity index (χ0n) is 37.2. The summed E-state index contributed by atoms with van der Waals surface area (Å²) < 4.78 is 11.2. The zero-order valence-corrected chi connectivity index (χ0v) is 37.2. The number of aromatic nitrogens is 5. The molecule has 4 aromatic heterocycles. The predicted octanol–water partition coefficient (Wildman–Crippen LogP) is 16.3. The lowest BCUT2D eigenvalue weighted by Gasteiger charge is -2.17. The van der Waals surface area contributed by atoms with Gasteiger partial charge < -0.3 is 8.98 Å². The van der Waals surface area contributed by atoms with Crippen LogP contribution in [0, 0.1) is 0 Å². The molecule has 6 heteroatoms. The van der Waals surface area contributed by atoms with Crippen molar-refractivity contribution in [2.24, 2.45) is 0 Å². The minimum atomic E-state index is 0.527. The molecule has 0 amide bonds. The highest BCUT2D eigenvalue weighted by Gasteiger charge is 2.25. The van der Waals surface area contributed by atoms with Crippen LogP contribution in [0.25, 0.3) is 133 Å². The van der Waals surface area contributed by atoms with Gasteiger partial charge in [0, 0.05) is 49.0 Å². The summed E-state index contributed by atoms with van der Waals surface area (Å²) in [6, 6.07) is 83.5. The Morgan fingerprint density at radius 1 is 0.290 bits per heavy atom. The van der Waals surface area contributed by atoms with Crippen molar-refractivity contribution in [1.29, 1.82) is 0 Å². The summed E-state index contributed by atoms with van der Waals surface area (Å²) in [6.45, 7) is 0. The van der Waals surface area contributed by atoms with Gasteiger partial charge >= 0.3 is 0 Å². The molecular weight excluding hydrogens is 843 g/mol. The quantitative estimate of drug-likeness (QED) is 0.160. The Morgan fingerprint density at radius 3 is 1.35 bits per heavy atom. The van der Waals surface area contributed by atoms with Crippen molar-refractivity contribution < 1.29 is 4.42 Å². The highest BCUT2D eigenvalue weighted by atomic mass is 16.3. The Labute approximate surface area is 396 Å². The molecule has 4 heterocycles. The average Bonchev–Trinajstić information content (AvgIpc) is 4.09. The number of hydrogen-bond acceptors (Lipinski definition) is 4. The van der Waals surface area contributed by atoms with Gasteiger partial charge in [-0.25, -0.2) is 4.98 Å². The number of nitrogens with zero attached hydrogens (tertiary/aromatic N) is 5. The van der Waals surface area contributed by atoms with E-state index in [1.54, 1.807) is 0 Å². The van der Waals surface area contributed by atoms with Gasteiger partial charge in [-0.05, 0) is 76.3 Å². The van der Waals surface area contributed by atoms with E-state index in [9.17, 15) is 0 Å². The molecule has 0 aliphatic heterocycles. The topological polar surface area (TPSA) is 61.7 Å². The number of benzene rings is 10. The van der Waals surface area contributed by atoms with Crippen LogP contribution >= 0.6 is 0 Å². The number of rotatable bonds is 7. The van der Waals surface area contributed by atoms with Crippen LogP contribution < -0.4 is 0 Å². The van der Waals surface area contributed by atoms with Gasteiger partial charge in [0.2, 0.25) is 5.95 Å². The van der Waals surface area contributed by atoms with Crippen LogP contribution in [-0.2, 0) is 0 Å². The molecule has 14 rings (SSSR count). The fourth-order valence-electron chi connectivity index (χ4n) is 10.4. The molecule has 322 valence electrons. The van der Waals surface area contributed by atoms with Crippen LogP contribution in [0.4, 0.5) is 0 Å². The lowest BCUT2D eigenvalue weighted by Crippen LogP contribution is -2.07. The summed E-state index contributed by atoms with van der Waals surface area (Å²) >= 11 is 0. The van der Waals surface area contributed by atoms with Crippen molar-refractivity contribution in [3.05, 3.63) is 237 Å². The fraction of sp³-hybridized carbons (Fsp3) is 0. The minimum absolute atomic E-state index is 0.527. The first-order valence-electron chi connectivity index (χ1n) is 23.3. The maximum absolute atomic E-state index is 6.43. The second-order valence-corrected chi connectivity index (χ2v) is 17.6. The molecule has 0 atom stereocenters. The van der Waals surface area contributed by atoms with Gasteiger partial charge in [-0.15, -0.1) is 0 Å². The zero-order chi connectivity index (χ0) is 45.4. The second-order valence-electron chi connectivity index (χ2n) is 17.6. The molecule has 6 nitrogen and oxygen atoms in total. The van der Waals surface area contributed by atoms with Gasteiger partial charge in [0.15, 0.2) is 11.6 Å². The largest absolute Gasteiger partial charge is 0.456 e. The number of furan rings is 1. The summed E-state index contributed by atoms with van der Waals surface area (Å²) in [5.41, 5.74) is 15.5. The third-order valence-electron chi connectivity index (χ3n) is 13.6. The number of fused-ring (bicyclic) bond motifs is 10. The summed E-state index contributed by atoms with van der Waals surface area (Å²) in [4.78, 5) is 16.2. The third-order valence-corrected chi connectivity index (χ3v) is 13.6. The summed E-state index contributed by atoms with van der Waals surface area (Å²) in [5, 5.41) is 6.54. The van der Waals surface area contributed by atoms with E-state index in [0.29, 0.717) is 17.6 Å². The summed E-state index contributed by atoms with van der Waals surface area (Å²) in [7, 11) is 0. The highest BCUT2D eigenvalue weighted by Crippen LogP contribution is 2.44. The van der Waals surface area contributed by atoms with Crippen molar-refractivity contribution in [2.75, 3.05) is 0 Å². The van der Waals surface area contributed by atoms with Crippen molar-refractivity contribution in [3.63, 3.8) is 0 Å². The Morgan fingerprint density at radius 2 is 0.739 bits per heavy atom. The van der Waals surface area contributed by atoms with Crippen LogP contribution in [0.5, 0.6) is 0 Å². The van der Waals surface area contributed by atoms with E-state index >= 15 is 0 Å². The smallest absolute Gasteiger partial charge is 0.238 e. The monoisotopic (exact) mass is 881 g/mol. The molecule has 0 N–H and O–H groups in total. The molecule has 0 radical (unpaired) electrons. The van der Waals surface area contributed by atoms with Crippen molar-refractivity contribution in [3.8, 4) is 67.8 Å². The number of hydrogen-bond donors (Lipinski definition) is 0. The minimum Gasteiger partial charge on any atom is -0.456 e. The lowest BCUT2D eigenvalue weighted by atomic mass is 9.98. The van der Waals surface area contributed by atoms with Crippen molar-refractivity contribution in [2.45, 2.75) is 0 Å². The SMILES string of the molecule is c1ccc(-c2ccc(-c3ccccc3)c(-n3c4ccccc4c4ccc5c6ccccc6n(-c6nc(-c7ccccc7)nc(-c7ccc8oc9ccc(-c%10ccccc%10)cc9c8c7)n6)c5c43)c2)cc1. The fourth-order valence-corrected chi connectivity index (χ4v) is 10.4. The molecule has 0 saturated carbocycles. The highest BCUT2D eigenvalue weighted by molar-refractivity contribution is 6.24. The van der Waals surface area contributed by atoms with E-state index in [0.717, 1.165) is 116 Å². The standard InChI is InChI=1S/C63H39N5O/c1-5-17-40(18-6-1)44-30-35-57-52(37-44)53-38-46(31-36-58(53)69-57)62-64-61(43-23-11-4-12-24-43)65-63(66-62)68-55-28-16-14-26-49(55)51-34-33-50-48-25-13-15-27-54(48)67(59(50)60(51)68)56-39-45(41-19-7-2-8-20-41)29-32-47(56)42-21-9-3-10-22-42/h1-39H. The van der Waals surface area contributed by atoms with E-state index in [1.165, 1.54) is 0 Å². The molecule has 0 spiro atoms. The molecule has 0 aliphatic rings. The molecule has 0 aliphatic carbocycles. The van der Waals surface area contributed by atoms with E-state index in [1.807, 2.05) is 30.3 Å². The van der Waals surface area contributed by atoms with Crippen LogP contribution in [0.1, 0.15) is 0 Å². The molecule has 0 fully saturated rings. The van der Waals surface area contributed by atoms with Crippen LogP contribution in [0.15, 0.2) is 241 Å². The van der Waals surface area contributed by atoms with E-state index in [4.69, 9.17) is 19.4 Å². The van der Waals surface area contributed by atoms with Gasteiger partial charge in [-0.3, -0.25) is 4.57 Å². The molecular formula is C63H39N5O. The lowest BCUT2D eigenvalue weighted by molar-refractivity contribution is 0.669. The van der Waals surface area contributed by atoms with E-state index in [-0.39, 0.29) is 0 Å². The Balaban J connectivity index is 1.07. The Bertz CT molecular complexity index is 4290. The molecule has 0 saturated heterocycles. The van der Waals surface area contributed by atoms with Crippen molar-refractivity contribution in [1.82, 2.24) is 24.1 Å². The molecule has 14 aromatic rings. The number of para-hydroxylation sites is 2. The molecule has 0 unspecified atom stereocenters. The third kappa shape index (κ3) is 6.30. The summed E-state index contributed by atoms with van der Waals surface area (Å²) in [6.07, 6.45) is 0. The van der Waals surface area contributed by atoms with E-state index in [2.05, 4.69) is 215 Å². The molecule has 0 bridgehead atoms. The Kier molecular flexibility index (Phi) is 8.79. The maximum Gasteiger partial charge on any atom is 0.238 e. The van der Waals surface area contributed by atoms with Gasteiger partial charge in [0.05, 0.1) is 27.8 Å². The molecule has 69 heavy (non-hydrogen) atoms. The van der Waals surface area contributed by atoms with Gasteiger partial charge in [0.1, 0.15) is 11.2 Å². The molecule has 10 aromatic carbocycles. The maximum atomic E-state index is 6.43. The van der Waals surface area contributed by atoms with Crippen LogP contribution in [-0.4, -0.2) is 24.1 Å². The van der Waals surface area contributed by atoms with Crippen LogP contribution in [0.3, 0.4) is 0 Å². The van der Waals surface area contributed by atoms with Crippen LogP contribution in [0.2, 0.25) is 0 Å². The van der Waals surface area contributed by atoms with Crippen molar-refractivity contribution >= 4 is 65.6 Å². The first-order valence-corrected chi connectivity index (χ1v) is 23.3.